The number of carboxylic acids is 1. The molecular formula is C14H18FN3O4. The molecule has 7 nitrogen and oxygen atoms in total. The topological polar surface area (TPSA) is 136 Å². The summed E-state index contributed by atoms with van der Waals surface area (Å²) in [6.07, 6.45) is -0.0434. The first-order valence-electron chi connectivity index (χ1n) is 6.61. The molecule has 22 heavy (non-hydrogen) atoms. The summed E-state index contributed by atoms with van der Waals surface area (Å²) in [5.74, 6) is -2.95. The zero-order chi connectivity index (χ0) is 16.7. The van der Waals surface area contributed by atoms with E-state index in [-0.39, 0.29) is 19.3 Å². The predicted molar refractivity (Wildman–Crippen MR) is 76.1 cm³/mol. The van der Waals surface area contributed by atoms with Gasteiger partial charge < -0.3 is 21.9 Å². The number of nitrogens with one attached hydrogen (secondary N) is 1. The van der Waals surface area contributed by atoms with Gasteiger partial charge in [-0.3, -0.25) is 9.59 Å². The minimum Gasteiger partial charge on any atom is -0.480 e. The molecule has 0 radical (unpaired) electrons. The highest BCUT2D eigenvalue weighted by atomic mass is 19.1. The van der Waals surface area contributed by atoms with E-state index in [1.54, 1.807) is 0 Å². The van der Waals surface area contributed by atoms with Crippen LogP contribution in [0, 0.1) is 5.82 Å². The van der Waals surface area contributed by atoms with E-state index in [1.807, 2.05) is 0 Å². The maximum atomic E-state index is 12.8. The first-order valence-corrected chi connectivity index (χ1v) is 6.61. The number of aliphatic carboxylic acids is 1. The fourth-order valence-electron chi connectivity index (χ4n) is 1.76. The smallest absolute Gasteiger partial charge is 0.326 e. The van der Waals surface area contributed by atoms with Gasteiger partial charge in [-0.2, -0.15) is 0 Å². The lowest BCUT2D eigenvalue weighted by Crippen LogP contribution is -2.49. The molecule has 1 unspecified atom stereocenters. The zero-order valence-electron chi connectivity index (χ0n) is 11.8. The molecule has 0 fully saturated rings. The predicted octanol–water partition coefficient (Wildman–Crippen LogP) is -0.470. The molecule has 8 heteroatoms. The fourth-order valence-corrected chi connectivity index (χ4v) is 1.76. The number of amides is 2. The van der Waals surface area contributed by atoms with Gasteiger partial charge in [0.1, 0.15) is 11.9 Å². The highest BCUT2D eigenvalue weighted by Gasteiger charge is 2.23. The number of benzene rings is 1. The summed E-state index contributed by atoms with van der Waals surface area (Å²) in [7, 11) is 0. The molecule has 0 saturated heterocycles. The van der Waals surface area contributed by atoms with Crippen LogP contribution < -0.4 is 16.8 Å². The Balaban J connectivity index is 2.63. The third-order valence-electron chi connectivity index (χ3n) is 3.01. The molecule has 0 saturated carbocycles. The third-order valence-corrected chi connectivity index (χ3v) is 3.01. The van der Waals surface area contributed by atoms with Crippen molar-refractivity contribution in [3.63, 3.8) is 0 Å². The Morgan fingerprint density at radius 2 is 1.82 bits per heavy atom. The van der Waals surface area contributed by atoms with Crippen molar-refractivity contribution in [2.24, 2.45) is 11.5 Å². The number of hydrogen-bond acceptors (Lipinski definition) is 4. The van der Waals surface area contributed by atoms with E-state index in [9.17, 15) is 18.8 Å². The molecule has 0 aromatic heterocycles. The quantitative estimate of drug-likeness (QED) is 0.514. The van der Waals surface area contributed by atoms with Crippen LogP contribution in [0.1, 0.15) is 18.4 Å². The van der Waals surface area contributed by atoms with Gasteiger partial charge in [0.25, 0.3) is 0 Å². The molecule has 0 bridgehead atoms. The van der Waals surface area contributed by atoms with Crippen molar-refractivity contribution >= 4 is 17.8 Å². The summed E-state index contributed by atoms with van der Waals surface area (Å²) in [5.41, 5.74) is 11.1. The van der Waals surface area contributed by atoms with E-state index in [2.05, 4.69) is 5.32 Å². The van der Waals surface area contributed by atoms with Gasteiger partial charge in [0.2, 0.25) is 11.8 Å². The van der Waals surface area contributed by atoms with Gasteiger partial charge >= 0.3 is 5.97 Å². The van der Waals surface area contributed by atoms with Crippen molar-refractivity contribution in [3.8, 4) is 0 Å². The Morgan fingerprint density at radius 3 is 2.32 bits per heavy atom. The second-order valence-electron chi connectivity index (χ2n) is 4.84. The fraction of sp³-hybridized carbons (Fsp3) is 0.357. The number of halogens is 1. The second kappa shape index (κ2) is 8.08. The van der Waals surface area contributed by atoms with Crippen LogP contribution in [-0.4, -0.2) is 35.0 Å². The monoisotopic (exact) mass is 311 g/mol. The van der Waals surface area contributed by atoms with E-state index in [0.29, 0.717) is 5.56 Å². The second-order valence-corrected chi connectivity index (χ2v) is 4.84. The first-order chi connectivity index (χ1) is 10.3. The minimum atomic E-state index is -1.24. The Bertz CT molecular complexity index is 548. The highest BCUT2D eigenvalue weighted by Crippen LogP contribution is 2.07. The van der Waals surface area contributed by atoms with Crippen molar-refractivity contribution in [1.82, 2.24) is 5.32 Å². The summed E-state index contributed by atoms with van der Waals surface area (Å²) >= 11 is 0. The number of rotatable bonds is 8. The number of nitrogens with two attached hydrogens (primary N) is 2. The summed E-state index contributed by atoms with van der Waals surface area (Å²) in [5, 5.41) is 11.4. The molecule has 0 spiro atoms. The van der Waals surface area contributed by atoms with Crippen LogP contribution in [0.4, 0.5) is 4.39 Å². The van der Waals surface area contributed by atoms with E-state index in [1.165, 1.54) is 24.3 Å². The normalized spacial score (nSPS) is 13.2. The van der Waals surface area contributed by atoms with Crippen LogP contribution in [0.3, 0.4) is 0 Å². The number of carbonyl (C=O) groups is 3. The molecule has 120 valence electrons. The van der Waals surface area contributed by atoms with Gasteiger partial charge in [-0.1, -0.05) is 12.1 Å². The third kappa shape index (κ3) is 5.88. The minimum absolute atomic E-state index is 0.0100. The molecule has 0 heterocycles. The molecule has 0 aliphatic carbocycles. The molecular weight excluding hydrogens is 293 g/mol. The molecule has 1 aromatic carbocycles. The zero-order valence-corrected chi connectivity index (χ0v) is 11.8. The van der Waals surface area contributed by atoms with Crippen LogP contribution >= 0.6 is 0 Å². The van der Waals surface area contributed by atoms with Crippen LogP contribution in [0.15, 0.2) is 24.3 Å². The van der Waals surface area contributed by atoms with Gasteiger partial charge in [0, 0.05) is 12.8 Å². The maximum Gasteiger partial charge on any atom is 0.326 e. The van der Waals surface area contributed by atoms with Crippen molar-refractivity contribution < 1.29 is 23.9 Å². The van der Waals surface area contributed by atoms with Crippen LogP contribution in [0.2, 0.25) is 0 Å². The first kappa shape index (κ1) is 17.6. The Hall–Kier alpha value is -2.48. The molecule has 6 N–H and O–H groups in total. The Morgan fingerprint density at radius 1 is 1.23 bits per heavy atom. The summed E-state index contributed by atoms with van der Waals surface area (Å²) in [4.78, 5) is 33.6. The lowest BCUT2D eigenvalue weighted by molar-refractivity contribution is -0.142. The molecule has 1 rings (SSSR count). The van der Waals surface area contributed by atoms with E-state index in [0.717, 1.165) is 0 Å². The number of carboxylic acid groups (broad SMARTS) is 1. The van der Waals surface area contributed by atoms with Gasteiger partial charge in [0.15, 0.2) is 0 Å². The Kier molecular flexibility index (Phi) is 6.46. The van der Waals surface area contributed by atoms with E-state index < -0.39 is 35.7 Å². The Labute approximate surface area is 126 Å². The van der Waals surface area contributed by atoms with Crippen molar-refractivity contribution in [1.29, 1.82) is 0 Å². The van der Waals surface area contributed by atoms with E-state index >= 15 is 0 Å². The number of hydrogen-bond donors (Lipinski definition) is 4. The van der Waals surface area contributed by atoms with Gasteiger partial charge in [-0.25, -0.2) is 9.18 Å². The maximum absolute atomic E-state index is 12.8. The molecule has 0 aliphatic heterocycles. The van der Waals surface area contributed by atoms with Crippen molar-refractivity contribution in [2.45, 2.75) is 31.3 Å². The van der Waals surface area contributed by atoms with Gasteiger partial charge in [-0.05, 0) is 24.1 Å². The largest absolute Gasteiger partial charge is 0.480 e. The average Bonchev–Trinajstić information content (AvgIpc) is 2.45. The van der Waals surface area contributed by atoms with Crippen molar-refractivity contribution in [3.05, 3.63) is 35.6 Å². The SMILES string of the molecule is NC(=O)CC[C@H](N)C(=O)NC(Cc1ccc(F)cc1)C(=O)O. The standard InChI is InChI=1S/C14H18FN3O4/c15-9-3-1-8(2-4-9)7-11(14(21)22)18-13(20)10(16)5-6-12(17)19/h1-4,10-11H,5-7,16H2,(H2,17,19)(H,18,20)(H,21,22)/t10-,11?/m0/s1. The molecule has 2 amide bonds. The summed E-state index contributed by atoms with van der Waals surface area (Å²) in [6, 6.07) is 3.05. The lowest BCUT2D eigenvalue weighted by Gasteiger charge is -2.17. The molecule has 1 aromatic rings. The highest BCUT2D eigenvalue weighted by molar-refractivity contribution is 5.87. The van der Waals surface area contributed by atoms with Crippen LogP contribution in [0.25, 0.3) is 0 Å². The number of carbonyl (C=O) groups excluding carboxylic acids is 2. The molecule has 0 aliphatic rings. The van der Waals surface area contributed by atoms with Crippen molar-refractivity contribution in [2.75, 3.05) is 0 Å². The number of primary amides is 1. The summed E-state index contributed by atoms with van der Waals surface area (Å²) < 4.78 is 12.8. The lowest BCUT2D eigenvalue weighted by atomic mass is 10.0. The van der Waals surface area contributed by atoms with Gasteiger partial charge in [-0.15, -0.1) is 0 Å². The van der Waals surface area contributed by atoms with Crippen LogP contribution in [0.5, 0.6) is 0 Å². The molecule has 2 atom stereocenters. The van der Waals surface area contributed by atoms with E-state index in [4.69, 9.17) is 16.6 Å². The average molecular weight is 311 g/mol. The van der Waals surface area contributed by atoms with Crippen LogP contribution in [-0.2, 0) is 20.8 Å². The summed E-state index contributed by atoms with van der Waals surface area (Å²) in [6.45, 7) is 0. The van der Waals surface area contributed by atoms with Gasteiger partial charge in [0.05, 0.1) is 6.04 Å².